The predicted octanol–water partition coefficient (Wildman–Crippen LogP) is 3.34. The Labute approximate surface area is 116 Å². The van der Waals surface area contributed by atoms with Gasteiger partial charge < -0.3 is 4.90 Å². The van der Waals surface area contributed by atoms with Crippen LogP contribution in [0, 0.1) is 0 Å². The fourth-order valence-corrected chi connectivity index (χ4v) is 2.85. The molecule has 2 aromatic rings. The molecule has 0 radical (unpaired) electrons. The number of imidazole rings is 1. The van der Waals surface area contributed by atoms with Crippen molar-refractivity contribution in [2.75, 3.05) is 6.54 Å². The lowest BCUT2D eigenvalue weighted by Crippen LogP contribution is -2.33. The van der Waals surface area contributed by atoms with Crippen molar-refractivity contribution in [2.45, 2.75) is 18.9 Å². The van der Waals surface area contributed by atoms with Gasteiger partial charge in [-0.15, -0.1) is 0 Å². The van der Waals surface area contributed by atoms with E-state index in [1.807, 2.05) is 29.2 Å². The molecular formula is C14H14ClN3O. The summed E-state index contributed by atoms with van der Waals surface area (Å²) in [6, 6.07) is 7.74. The van der Waals surface area contributed by atoms with Gasteiger partial charge in [0.25, 0.3) is 0 Å². The van der Waals surface area contributed by atoms with Gasteiger partial charge in [-0.25, -0.2) is 9.78 Å². The molecule has 1 saturated heterocycles. The van der Waals surface area contributed by atoms with Gasteiger partial charge in [0.1, 0.15) is 6.33 Å². The van der Waals surface area contributed by atoms with Gasteiger partial charge in [0.05, 0.1) is 6.04 Å². The number of aromatic nitrogens is 2. The first-order valence-corrected chi connectivity index (χ1v) is 6.68. The molecule has 2 heterocycles. The molecule has 19 heavy (non-hydrogen) atoms. The summed E-state index contributed by atoms with van der Waals surface area (Å²) in [5, 5.41) is 0.720. The maximum absolute atomic E-state index is 12.4. The summed E-state index contributed by atoms with van der Waals surface area (Å²) < 4.78 is 1.51. The largest absolute Gasteiger partial charge is 0.329 e. The molecule has 0 aliphatic carbocycles. The van der Waals surface area contributed by atoms with E-state index in [0.29, 0.717) is 0 Å². The summed E-state index contributed by atoms with van der Waals surface area (Å²) in [5.74, 6) is 0. The Kier molecular flexibility index (Phi) is 3.25. The van der Waals surface area contributed by atoms with Crippen molar-refractivity contribution in [3.05, 3.63) is 53.6 Å². The molecule has 1 aliphatic rings. The van der Waals surface area contributed by atoms with Gasteiger partial charge in [-0.2, -0.15) is 0 Å². The van der Waals surface area contributed by atoms with Crippen LogP contribution in [0.15, 0.2) is 43.0 Å². The molecule has 1 aromatic heterocycles. The summed E-state index contributed by atoms with van der Waals surface area (Å²) in [5.41, 5.74) is 1.02. The lowest BCUT2D eigenvalue weighted by molar-refractivity contribution is 0.194. The Balaban J connectivity index is 1.90. The number of halogens is 1. The molecule has 0 saturated carbocycles. The Bertz CT molecular complexity index is 582. The van der Waals surface area contributed by atoms with Crippen LogP contribution in [-0.2, 0) is 0 Å². The molecule has 0 spiro atoms. The van der Waals surface area contributed by atoms with Crippen molar-refractivity contribution in [1.29, 1.82) is 0 Å². The molecule has 0 bridgehead atoms. The Morgan fingerprint density at radius 2 is 2.21 bits per heavy atom. The maximum Gasteiger partial charge on any atom is 0.329 e. The number of amides is 1. The fourth-order valence-electron chi connectivity index (χ4n) is 2.58. The van der Waals surface area contributed by atoms with Crippen molar-refractivity contribution < 1.29 is 4.79 Å². The van der Waals surface area contributed by atoms with Crippen molar-refractivity contribution in [2.24, 2.45) is 0 Å². The summed E-state index contributed by atoms with van der Waals surface area (Å²) in [4.78, 5) is 18.2. The first kappa shape index (κ1) is 12.2. The summed E-state index contributed by atoms with van der Waals surface area (Å²) in [6.07, 6.45) is 6.76. The number of rotatable bonds is 1. The second kappa shape index (κ2) is 5.05. The van der Waals surface area contributed by atoms with E-state index in [1.54, 1.807) is 12.4 Å². The number of carbonyl (C=O) groups is 1. The van der Waals surface area contributed by atoms with Crippen LogP contribution in [0.3, 0.4) is 0 Å². The standard InChI is InChI=1S/C14H14ClN3O/c15-12-5-2-1-4-11(12)13-6-3-8-18(13)14(19)17-9-7-16-10-17/h1-2,4-5,7,9-10,13H,3,6,8H2. The average Bonchev–Trinajstić information content (AvgIpc) is 3.10. The lowest BCUT2D eigenvalue weighted by Gasteiger charge is -2.25. The SMILES string of the molecule is O=C(N1CCCC1c1ccccc1Cl)n1ccnc1. The number of benzene rings is 1. The molecule has 1 aromatic carbocycles. The molecule has 1 fully saturated rings. The van der Waals surface area contributed by atoms with E-state index in [1.165, 1.54) is 10.9 Å². The van der Waals surface area contributed by atoms with Crippen LogP contribution in [0.2, 0.25) is 5.02 Å². The van der Waals surface area contributed by atoms with Gasteiger partial charge in [0.2, 0.25) is 0 Å². The minimum absolute atomic E-state index is 0.0417. The Morgan fingerprint density at radius 1 is 1.37 bits per heavy atom. The highest BCUT2D eigenvalue weighted by atomic mass is 35.5. The summed E-state index contributed by atoms with van der Waals surface area (Å²) in [6.45, 7) is 0.757. The van der Waals surface area contributed by atoms with Crippen LogP contribution >= 0.6 is 11.6 Å². The Morgan fingerprint density at radius 3 is 2.95 bits per heavy atom. The molecule has 98 valence electrons. The van der Waals surface area contributed by atoms with E-state index >= 15 is 0 Å². The smallest absolute Gasteiger partial charge is 0.317 e. The Hall–Kier alpha value is -1.81. The normalized spacial score (nSPS) is 18.8. The molecule has 1 aliphatic heterocycles. The number of hydrogen-bond donors (Lipinski definition) is 0. The van der Waals surface area contributed by atoms with Crippen LogP contribution < -0.4 is 0 Å². The first-order valence-electron chi connectivity index (χ1n) is 6.31. The second-order valence-electron chi connectivity index (χ2n) is 4.63. The molecule has 1 unspecified atom stereocenters. The monoisotopic (exact) mass is 275 g/mol. The molecule has 1 amide bonds. The van der Waals surface area contributed by atoms with Crippen molar-refractivity contribution >= 4 is 17.6 Å². The number of likely N-dealkylation sites (tertiary alicyclic amines) is 1. The summed E-state index contributed by atoms with van der Waals surface area (Å²) >= 11 is 6.24. The van der Waals surface area contributed by atoms with E-state index in [4.69, 9.17) is 11.6 Å². The molecule has 0 N–H and O–H groups in total. The van der Waals surface area contributed by atoms with E-state index in [-0.39, 0.29) is 12.1 Å². The average molecular weight is 276 g/mol. The van der Waals surface area contributed by atoms with E-state index < -0.39 is 0 Å². The third-order valence-corrected chi connectivity index (χ3v) is 3.83. The van der Waals surface area contributed by atoms with Gasteiger partial charge in [0, 0.05) is 24.0 Å². The van der Waals surface area contributed by atoms with Crippen LogP contribution in [-0.4, -0.2) is 27.0 Å². The number of hydrogen-bond acceptors (Lipinski definition) is 2. The predicted molar refractivity (Wildman–Crippen MR) is 73.2 cm³/mol. The van der Waals surface area contributed by atoms with Crippen LogP contribution in [0.1, 0.15) is 24.4 Å². The molecule has 1 atom stereocenters. The van der Waals surface area contributed by atoms with Crippen molar-refractivity contribution in [3.63, 3.8) is 0 Å². The van der Waals surface area contributed by atoms with E-state index in [9.17, 15) is 4.79 Å². The lowest BCUT2D eigenvalue weighted by atomic mass is 10.0. The van der Waals surface area contributed by atoms with Crippen LogP contribution in [0.25, 0.3) is 0 Å². The quantitative estimate of drug-likeness (QED) is 0.800. The molecule has 5 heteroatoms. The molecular weight excluding hydrogens is 262 g/mol. The minimum atomic E-state index is -0.0417. The maximum atomic E-state index is 12.4. The zero-order chi connectivity index (χ0) is 13.2. The van der Waals surface area contributed by atoms with Crippen molar-refractivity contribution in [3.8, 4) is 0 Å². The zero-order valence-electron chi connectivity index (χ0n) is 10.4. The zero-order valence-corrected chi connectivity index (χ0v) is 11.1. The third kappa shape index (κ3) is 2.24. The van der Waals surface area contributed by atoms with Crippen molar-refractivity contribution in [1.82, 2.24) is 14.5 Å². The molecule has 4 nitrogen and oxygen atoms in total. The van der Waals surface area contributed by atoms with Crippen LogP contribution in [0.4, 0.5) is 4.79 Å². The minimum Gasteiger partial charge on any atom is -0.317 e. The third-order valence-electron chi connectivity index (χ3n) is 3.49. The van der Waals surface area contributed by atoms with Crippen LogP contribution in [0.5, 0.6) is 0 Å². The van der Waals surface area contributed by atoms with Gasteiger partial charge in [-0.1, -0.05) is 29.8 Å². The first-order chi connectivity index (χ1) is 9.27. The van der Waals surface area contributed by atoms with Gasteiger partial charge in [-0.05, 0) is 24.5 Å². The van der Waals surface area contributed by atoms with Gasteiger partial charge >= 0.3 is 6.03 Å². The highest BCUT2D eigenvalue weighted by molar-refractivity contribution is 6.31. The highest BCUT2D eigenvalue weighted by Gasteiger charge is 2.31. The fraction of sp³-hybridized carbons (Fsp3) is 0.286. The van der Waals surface area contributed by atoms with E-state index in [0.717, 1.165) is 30.0 Å². The topological polar surface area (TPSA) is 38.1 Å². The second-order valence-corrected chi connectivity index (χ2v) is 5.03. The highest BCUT2D eigenvalue weighted by Crippen LogP contribution is 2.35. The summed E-state index contributed by atoms with van der Waals surface area (Å²) in [7, 11) is 0. The molecule has 3 rings (SSSR count). The van der Waals surface area contributed by atoms with E-state index in [2.05, 4.69) is 4.98 Å². The van der Waals surface area contributed by atoms with Gasteiger partial charge in [-0.3, -0.25) is 4.57 Å². The number of carbonyl (C=O) groups excluding carboxylic acids is 1. The number of nitrogens with zero attached hydrogens (tertiary/aromatic N) is 3. The van der Waals surface area contributed by atoms with Gasteiger partial charge in [0.15, 0.2) is 0 Å².